The minimum absolute atomic E-state index is 0.0670. The van der Waals surface area contributed by atoms with Crippen molar-refractivity contribution in [1.82, 2.24) is 15.5 Å². The number of carbonyl (C=O) groups is 1. The molecule has 0 spiro atoms. The quantitative estimate of drug-likeness (QED) is 0.729. The van der Waals surface area contributed by atoms with Gasteiger partial charge >= 0.3 is 0 Å². The van der Waals surface area contributed by atoms with Crippen molar-refractivity contribution in [3.8, 4) is 11.5 Å². The Morgan fingerprint density at radius 3 is 2.54 bits per heavy atom. The van der Waals surface area contributed by atoms with Crippen LogP contribution in [0.1, 0.15) is 22.8 Å². The fourth-order valence-electron chi connectivity index (χ4n) is 2.21. The van der Waals surface area contributed by atoms with E-state index in [0.717, 1.165) is 11.1 Å². The van der Waals surface area contributed by atoms with Gasteiger partial charge in [-0.15, -0.1) is 0 Å². The first kappa shape index (κ1) is 15.7. The zero-order valence-corrected chi connectivity index (χ0v) is 13.3. The van der Waals surface area contributed by atoms with E-state index in [0.29, 0.717) is 30.5 Å². The highest BCUT2D eigenvalue weighted by atomic mass is 16.5. The smallest absolute Gasteiger partial charge is 0.264 e. The number of amides is 1. The molecule has 3 rings (SSSR count). The van der Waals surface area contributed by atoms with Gasteiger partial charge in [0.1, 0.15) is 0 Å². The van der Waals surface area contributed by atoms with Crippen molar-refractivity contribution in [3.05, 3.63) is 65.7 Å². The highest BCUT2D eigenvalue weighted by molar-refractivity contribution is 5.94. The normalized spacial score (nSPS) is 10.4. The summed E-state index contributed by atoms with van der Waals surface area (Å²) in [6, 6.07) is 17.0. The van der Waals surface area contributed by atoms with Gasteiger partial charge in [0.2, 0.25) is 0 Å². The monoisotopic (exact) mass is 322 g/mol. The molecule has 0 aliphatic carbocycles. The molecular formula is C18H18N4O2. The second-order valence-electron chi connectivity index (χ2n) is 5.20. The van der Waals surface area contributed by atoms with Crippen LogP contribution in [0.3, 0.4) is 0 Å². The molecule has 0 bridgehead atoms. The van der Waals surface area contributed by atoms with Crippen molar-refractivity contribution >= 4 is 11.9 Å². The third-order valence-corrected chi connectivity index (χ3v) is 3.45. The van der Waals surface area contributed by atoms with Crippen LogP contribution in [0.4, 0.5) is 5.95 Å². The lowest BCUT2D eigenvalue weighted by Crippen LogP contribution is -2.22. The van der Waals surface area contributed by atoms with Crippen molar-refractivity contribution in [2.45, 2.75) is 13.5 Å². The van der Waals surface area contributed by atoms with Gasteiger partial charge in [-0.25, -0.2) is 0 Å². The average molecular weight is 322 g/mol. The first-order valence-electron chi connectivity index (χ1n) is 7.76. The molecule has 1 aromatic heterocycles. The Kier molecular flexibility index (Phi) is 4.86. The van der Waals surface area contributed by atoms with Crippen LogP contribution in [0, 0.1) is 0 Å². The largest absolute Gasteiger partial charge is 0.352 e. The van der Waals surface area contributed by atoms with Crippen LogP contribution in [-0.4, -0.2) is 22.6 Å². The third-order valence-electron chi connectivity index (χ3n) is 3.45. The van der Waals surface area contributed by atoms with Gasteiger partial charge in [0.15, 0.2) is 0 Å². The third kappa shape index (κ3) is 3.78. The van der Waals surface area contributed by atoms with Gasteiger partial charge in [0.25, 0.3) is 17.7 Å². The van der Waals surface area contributed by atoms with Gasteiger partial charge < -0.3 is 15.2 Å². The number of hydrogen-bond acceptors (Lipinski definition) is 5. The predicted molar refractivity (Wildman–Crippen MR) is 91.5 cm³/mol. The molecule has 6 heteroatoms. The molecule has 0 radical (unpaired) electrons. The molecule has 0 saturated carbocycles. The minimum Gasteiger partial charge on any atom is -0.352 e. The van der Waals surface area contributed by atoms with E-state index in [2.05, 4.69) is 20.8 Å². The Labute approximate surface area is 139 Å². The van der Waals surface area contributed by atoms with Gasteiger partial charge in [-0.2, -0.15) is 4.98 Å². The number of carbonyl (C=O) groups excluding carboxylic acids is 1. The van der Waals surface area contributed by atoms with E-state index in [1.807, 2.05) is 49.4 Å². The van der Waals surface area contributed by atoms with Gasteiger partial charge in [0.05, 0.1) is 0 Å². The van der Waals surface area contributed by atoms with E-state index in [4.69, 9.17) is 4.52 Å². The molecule has 122 valence electrons. The highest BCUT2D eigenvalue weighted by Gasteiger charge is 2.08. The number of aromatic nitrogens is 2. The van der Waals surface area contributed by atoms with Gasteiger partial charge in [-0.1, -0.05) is 30.3 Å². The van der Waals surface area contributed by atoms with E-state index < -0.39 is 0 Å². The van der Waals surface area contributed by atoms with Crippen molar-refractivity contribution in [2.75, 3.05) is 11.9 Å². The molecular weight excluding hydrogens is 304 g/mol. The molecule has 3 aromatic rings. The first-order chi connectivity index (χ1) is 11.8. The molecule has 0 unspecified atom stereocenters. The summed E-state index contributed by atoms with van der Waals surface area (Å²) in [7, 11) is 0. The number of nitrogens with one attached hydrogen (secondary N) is 2. The molecule has 0 aliphatic rings. The lowest BCUT2D eigenvalue weighted by Gasteiger charge is -2.04. The summed E-state index contributed by atoms with van der Waals surface area (Å²) >= 11 is 0. The second kappa shape index (κ2) is 7.41. The van der Waals surface area contributed by atoms with Crippen molar-refractivity contribution < 1.29 is 9.32 Å². The van der Waals surface area contributed by atoms with Crippen LogP contribution >= 0.6 is 0 Å². The van der Waals surface area contributed by atoms with Crippen LogP contribution in [-0.2, 0) is 6.54 Å². The van der Waals surface area contributed by atoms with Crippen molar-refractivity contribution in [2.24, 2.45) is 0 Å². The molecule has 0 atom stereocenters. The summed E-state index contributed by atoms with van der Waals surface area (Å²) < 4.78 is 5.24. The van der Waals surface area contributed by atoms with Crippen LogP contribution in [0.15, 0.2) is 59.1 Å². The molecule has 2 N–H and O–H groups in total. The van der Waals surface area contributed by atoms with Crippen LogP contribution < -0.4 is 10.6 Å². The SMILES string of the molecule is CCNC(=O)c1ccc(CNc2noc(-c3ccccc3)n2)cc1. The lowest BCUT2D eigenvalue weighted by molar-refractivity contribution is 0.0956. The predicted octanol–water partition coefficient (Wildman–Crippen LogP) is 3.10. The molecule has 1 heterocycles. The fraction of sp³-hybridized carbons (Fsp3) is 0.167. The Bertz CT molecular complexity index is 797. The Morgan fingerprint density at radius 2 is 1.83 bits per heavy atom. The summed E-state index contributed by atoms with van der Waals surface area (Å²) in [6.07, 6.45) is 0. The topological polar surface area (TPSA) is 80.0 Å². The summed E-state index contributed by atoms with van der Waals surface area (Å²) in [4.78, 5) is 16.0. The summed E-state index contributed by atoms with van der Waals surface area (Å²) in [5, 5.41) is 9.80. The van der Waals surface area contributed by atoms with E-state index in [1.165, 1.54) is 0 Å². The molecule has 24 heavy (non-hydrogen) atoms. The summed E-state index contributed by atoms with van der Waals surface area (Å²) in [5.41, 5.74) is 2.55. The molecule has 0 aliphatic heterocycles. The summed E-state index contributed by atoms with van der Waals surface area (Å²) in [5.74, 6) is 0.842. The maximum absolute atomic E-state index is 11.7. The lowest BCUT2D eigenvalue weighted by atomic mass is 10.1. The van der Waals surface area contributed by atoms with Crippen LogP contribution in [0.5, 0.6) is 0 Å². The first-order valence-corrected chi connectivity index (χ1v) is 7.76. The van der Waals surface area contributed by atoms with Crippen LogP contribution in [0.2, 0.25) is 0 Å². The zero-order valence-electron chi connectivity index (χ0n) is 13.3. The van der Waals surface area contributed by atoms with E-state index >= 15 is 0 Å². The molecule has 6 nitrogen and oxygen atoms in total. The Balaban J connectivity index is 1.60. The highest BCUT2D eigenvalue weighted by Crippen LogP contribution is 2.18. The number of rotatable bonds is 6. The molecule has 0 saturated heterocycles. The maximum atomic E-state index is 11.7. The fourth-order valence-corrected chi connectivity index (χ4v) is 2.21. The van der Waals surface area contributed by atoms with Crippen molar-refractivity contribution in [1.29, 1.82) is 0 Å². The molecule has 0 fully saturated rings. The summed E-state index contributed by atoms with van der Waals surface area (Å²) in [6.45, 7) is 3.05. The Hall–Kier alpha value is -3.15. The second-order valence-corrected chi connectivity index (χ2v) is 5.20. The number of hydrogen-bond donors (Lipinski definition) is 2. The number of benzene rings is 2. The van der Waals surface area contributed by atoms with E-state index in [-0.39, 0.29) is 5.91 Å². The van der Waals surface area contributed by atoms with Gasteiger partial charge in [0, 0.05) is 24.2 Å². The number of nitrogens with zero attached hydrogens (tertiary/aromatic N) is 2. The van der Waals surface area contributed by atoms with E-state index in [1.54, 1.807) is 12.1 Å². The van der Waals surface area contributed by atoms with Gasteiger partial charge in [-0.3, -0.25) is 4.79 Å². The molecule has 1 amide bonds. The maximum Gasteiger partial charge on any atom is 0.264 e. The van der Waals surface area contributed by atoms with Gasteiger partial charge in [-0.05, 0) is 41.9 Å². The minimum atomic E-state index is -0.0670. The average Bonchev–Trinajstić information content (AvgIpc) is 3.10. The number of anilines is 1. The van der Waals surface area contributed by atoms with E-state index in [9.17, 15) is 4.79 Å². The zero-order chi connectivity index (χ0) is 16.8. The Morgan fingerprint density at radius 1 is 1.08 bits per heavy atom. The molecule has 2 aromatic carbocycles. The van der Waals surface area contributed by atoms with Crippen molar-refractivity contribution in [3.63, 3.8) is 0 Å². The standard InChI is InChI=1S/C18H18N4O2/c1-2-19-16(23)14-10-8-13(9-11-14)12-20-18-21-17(24-22-18)15-6-4-3-5-7-15/h3-11H,2,12H2,1H3,(H,19,23)(H,20,22). The van der Waals surface area contributed by atoms with Crippen LogP contribution in [0.25, 0.3) is 11.5 Å².